The molecule has 1 aromatic rings. The van der Waals surface area contributed by atoms with Crippen LogP contribution in [0.25, 0.3) is 0 Å². The predicted octanol–water partition coefficient (Wildman–Crippen LogP) is 3.18. The van der Waals surface area contributed by atoms with Crippen molar-refractivity contribution in [3.63, 3.8) is 0 Å². The Morgan fingerprint density at radius 2 is 1.57 bits per heavy atom. The summed E-state index contributed by atoms with van der Waals surface area (Å²) in [6.45, 7) is 0. The first-order valence-corrected chi connectivity index (χ1v) is 5.02. The van der Waals surface area contributed by atoms with Gasteiger partial charge in [0.1, 0.15) is 11.5 Å². The van der Waals surface area contributed by atoms with Crippen molar-refractivity contribution in [1.29, 1.82) is 0 Å². The van der Waals surface area contributed by atoms with Crippen LogP contribution in [0.4, 0.5) is 0 Å². The van der Waals surface area contributed by atoms with E-state index in [1.807, 2.05) is 0 Å². The molecule has 0 amide bonds. The largest absolute Gasteiger partial charge is 0.508 e. The molecule has 0 heterocycles. The van der Waals surface area contributed by atoms with Gasteiger partial charge >= 0.3 is 0 Å². The monoisotopic (exact) mass is 212 g/mol. The number of Topliss-reactive ketones (excluding diaryl/α,β-unsaturated/α-hetero) is 1. The van der Waals surface area contributed by atoms with E-state index in [4.69, 9.17) is 16.7 Å². The number of hydrogen-bond donors (Lipinski definition) is 1. The Morgan fingerprint density at radius 1 is 1.07 bits per heavy atom. The molecule has 1 aliphatic rings. The van der Waals surface area contributed by atoms with Crippen LogP contribution >= 0.6 is 11.6 Å². The number of halogens is 1. The van der Waals surface area contributed by atoms with Crippen molar-refractivity contribution < 1.29 is 9.90 Å². The molecule has 0 aliphatic heterocycles. The van der Waals surface area contributed by atoms with Gasteiger partial charge in [0.05, 0.1) is 0 Å². The number of carbonyl (C=O) groups excluding carboxylic acids is 1. The van der Waals surface area contributed by atoms with Gasteiger partial charge in [-0.1, -0.05) is 11.6 Å². The Morgan fingerprint density at radius 3 is 1.86 bits per heavy atom. The summed E-state index contributed by atoms with van der Waals surface area (Å²) in [7, 11) is 0. The van der Waals surface area contributed by atoms with E-state index in [-0.39, 0.29) is 5.75 Å². The number of phenolic OH excluding ortho intramolecular Hbond substituents is 1. The van der Waals surface area contributed by atoms with E-state index < -0.39 is 0 Å². The highest BCUT2D eigenvalue weighted by Crippen LogP contribution is 2.13. The lowest BCUT2D eigenvalue weighted by Gasteiger charge is -1.87. The number of ketones is 1. The van der Waals surface area contributed by atoms with Gasteiger partial charge in [-0.2, -0.15) is 0 Å². The molecule has 3 heteroatoms. The number of hydrogen-bond acceptors (Lipinski definition) is 2. The van der Waals surface area contributed by atoms with E-state index in [1.54, 1.807) is 24.3 Å². The molecular formula is C11H13ClO2. The van der Waals surface area contributed by atoms with Crippen LogP contribution in [0.3, 0.4) is 0 Å². The molecule has 1 fully saturated rings. The highest BCUT2D eigenvalue weighted by atomic mass is 35.5. The summed E-state index contributed by atoms with van der Waals surface area (Å²) in [5.74, 6) is 0.699. The molecule has 0 radical (unpaired) electrons. The lowest BCUT2D eigenvalue weighted by Crippen LogP contribution is -1.81. The van der Waals surface area contributed by atoms with E-state index >= 15 is 0 Å². The smallest absolute Gasteiger partial charge is 0.132 e. The average molecular weight is 213 g/mol. The molecule has 0 aromatic heterocycles. The fourth-order valence-corrected chi connectivity index (χ4v) is 1.34. The van der Waals surface area contributed by atoms with Crippen molar-refractivity contribution >= 4 is 17.4 Å². The Balaban J connectivity index is 0.000000146. The standard InChI is InChI=1S/C6H5ClO.C5H8O/c7-5-1-3-6(8)4-2-5;6-5-3-1-2-4-5/h1-4,8H;1-4H2. The minimum absolute atomic E-state index is 0.245. The van der Waals surface area contributed by atoms with Gasteiger partial charge < -0.3 is 5.11 Å². The fraction of sp³-hybridized carbons (Fsp3) is 0.364. The molecule has 0 saturated heterocycles. The van der Waals surface area contributed by atoms with Gasteiger partial charge in [0.25, 0.3) is 0 Å². The Kier molecular flexibility index (Phi) is 4.47. The van der Waals surface area contributed by atoms with Gasteiger partial charge in [-0.05, 0) is 37.1 Å². The molecule has 14 heavy (non-hydrogen) atoms. The van der Waals surface area contributed by atoms with E-state index in [2.05, 4.69) is 0 Å². The predicted molar refractivity (Wildman–Crippen MR) is 56.6 cm³/mol. The minimum Gasteiger partial charge on any atom is -0.508 e. The van der Waals surface area contributed by atoms with Crippen molar-refractivity contribution in [2.24, 2.45) is 0 Å². The zero-order chi connectivity index (χ0) is 10.4. The summed E-state index contributed by atoms with van der Waals surface area (Å²) in [5.41, 5.74) is 0. The number of benzene rings is 1. The van der Waals surface area contributed by atoms with Crippen LogP contribution in [0.5, 0.6) is 5.75 Å². The summed E-state index contributed by atoms with van der Waals surface area (Å²) in [6.07, 6.45) is 3.97. The average Bonchev–Trinajstić information content (AvgIpc) is 2.63. The fourth-order valence-electron chi connectivity index (χ4n) is 1.21. The van der Waals surface area contributed by atoms with Crippen molar-refractivity contribution in [2.45, 2.75) is 25.7 Å². The molecule has 2 nitrogen and oxygen atoms in total. The highest BCUT2D eigenvalue weighted by Gasteiger charge is 2.07. The quantitative estimate of drug-likeness (QED) is 0.717. The molecule has 1 aliphatic carbocycles. The molecule has 2 rings (SSSR count). The third-order valence-electron chi connectivity index (χ3n) is 1.99. The van der Waals surface area contributed by atoms with Crippen LogP contribution in [-0.4, -0.2) is 10.9 Å². The number of phenols is 1. The maximum Gasteiger partial charge on any atom is 0.132 e. The Hall–Kier alpha value is -1.02. The third kappa shape index (κ3) is 4.28. The number of aromatic hydroxyl groups is 1. The zero-order valence-corrected chi connectivity index (χ0v) is 8.63. The maximum absolute atomic E-state index is 10.2. The van der Waals surface area contributed by atoms with E-state index in [1.165, 1.54) is 0 Å². The van der Waals surface area contributed by atoms with Crippen LogP contribution in [0, 0.1) is 0 Å². The maximum atomic E-state index is 10.2. The SMILES string of the molecule is O=C1CCCC1.Oc1ccc(Cl)cc1. The molecule has 76 valence electrons. The van der Waals surface area contributed by atoms with Crippen LogP contribution in [-0.2, 0) is 4.79 Å². The summed E-state index contributed by atoms with van der Waals surface area (Å²) in [5, 5.41) is 9.34. The van der Waals surface area contributed by atoms with Crippen molar-refractivity contribution in [1.82, 2.24) is 0 Å². The van der Waals surface area contributed by atoms with E-state index in [9.17, 15) is 4.79 Å². The lowest BCUT2D eigenvalue weighted by atomic mass is 10.3. The minimum atomic E-state index is 0.245. The van der Waals surface area contributed by atoms with Gasteiger partial charge in [0.15, 0.2) is 0 Å². The molecule has 1 saturated carbocycles. The molecule has 1 aromatic carbocycles. The summed E-state index contributed by atoms with van der Waals surface area (Å²) in [4.78, 5) is 10.2. The second kappa shape index (κ2) is 5.66. The van der Waals surface area contributed by atoms with Crippen LogP contribution in [0.15, 0.2) is 24.3 Å². The van der Waals surface area contributed by atoms with E-state index in [0.29, 0.717) is 10.8 Å². The third-order valence-corrected chi connectivity index (χ3v) is 2.24. The molecule has 0 spiro atoms. The Labute approximate surface area is 88.5 Å². The van der Waals surface area contributed by atoms with Crippen LogP contribution < -0.4 is 0 Å². The molecule has 0 bridgehead atoms. The summed E-state index contributed by atoms with van der Waals surface area (Å²) in [6, 6.07) is 6.36. The summed E-state index contributed by atoms with van der Waals surface area (Å²) < 4.78 is 0. The van der Waals surface area contributed by atoms with Crippen LogP contribution in [0.1, 0.15) is 25.7 Å². The Bertz CT molecular complexity index is 264. The first-order chi connectivity index (χ1) is 6.68. The molecular weight excluding hydrogens is 200 g/mol. The normalized spacial score (nSPS) is 14.8. The van der Waals surface area contributed by atoms with Gasteiger partial charge in [-0.25, -0.2) is 0 Å². The van der Waals surface area contributed by atoms with Gasteiger partial charge in [-0.3, -0.25) is 4.79 Å². The van der Waals surface area contributed by atoms with Crippen molar-refractivity contribution in [3.05, 3.63) is 29.3 Å². The summed E-state index contributed by atoms with van der Waals surface area (Å²) >= 11 is 5.50. The first-order valence-electron chi connectivity index (χ1n) is 4.65. The second-order valence-corrected chi connectivity index (χ2v) is 3.66. The molecule has 1 N–H and O–H groups in total. The van der Waals surface area contributed by atoms with Crippen molar-refractivity contribution in [3.8, 4) is 5.75 Å². The highest BCUT2D eigenvalue weighted by molar-refractivity contribution is 6.30. The lowest BCUT2D eigenvalue weighted by molar-refractivity contribution is -0.117. The van der Waals surface area contributed by atoms with Gasteiger partial charge in [0.2, 0.25) is 0 Å². The first kappa shape index (κ1) is 11.1. The van der Waals surface area contributed by atoms with Gasteiger partial charge in [0, 0.05) is 17.9 Å². The van der Waals surface area contributed by atoms with Crippen molar-refractivity contribution in [2.75, 3.05) is 0 Å². The van der Waals surface area contributed by atoms with E-state index in [0.717, 1.165) is 25.7 Å². The van der Waals surface area contributed by atoms with Gasteiger partial charge in [-0.15, -0.1) is 0 Å². The number of carbonyl (C=O) groups is 1. The molecule has 0 atom stereocenters. The van der Waals surface area contributed by atoms with Crippen LogP contribution in [0.2, 0.25) is 5.02 Å². The number of rotatable bonds is 0. The molecule has 0 unspecified atom stereocenters. The topological polar surface area (TPSA) is 37.3 Å². The zero-order valence-electron chi connectivity index (χ0n) is 7.87. The second-order valence-electron chi connectivity index (χ2n) is 3.22.